The summed E-state index contributed by atoms with van der Waals surface area (Å²) in [5.41, 5.74) is 0.00955. The monoisotopic (exact) mass is 252 g/mol. The molecule has 0 aliphatic carbocycles. The van der Waals surface area contributed by atoms with Gasteiger partial charge in [0.25, 0.3) is 0 Å². The quantitative estimate of drug-likeness (QED) is 0.868. The Hall–Kier alpha value is -1.43. The van der Waals surface area contributed by atoms with E-state index < -0.39 is 5.97 Å². The second-order valence-corrected chi connectivity index (χ2v) is 5.19. The third-order valence-corrected chi connectivity index (χ3v) is 3.65. The molecule has 0 aromatic carbocycles. The second kappa shape index (κ2) is 5.48. The highest BCUT2D eigenvalue weighted by Gasteiger charge is 2.22. The van der Waals surface area contributed by atoms with Crippen LogP contribution >= 0.6 is 0 Å². The summed E-state index contributed by atoms with van der Waals surface area (Å²) in [6.07, 6.45) is 3.96. The highest BCUT2D eigenvalue weighted by Crippen LogP contribution is 2.21. The van der Waals surface area contributed by atoms with Crippen LogP contribution in [-0.4, -0.2) is 50.1 Å². The standard InChI is InChI=1S/C12H20N4O2/c1-9-3-4-15(10(2)7-9)5-6-16-8-11(12(17)18)13-14-16/h8-10H,3-7H2,1-2H3,(H,17,18). The maximum Gasteiger partial charge on any atom is 0.358 e. The summed E-state index contributed by atoms with van der Waals surface area (Å²) in [5.74, 6) is -0.220. The fourth-order valence-electron chi connectivity index (χ4n) is 2.52. The van der Waals surface area contributed by atoms with Crippen LogP contribution in [0.25, 0.3) is 0 Å². The van der Waals surface area contributed by atoms with Gasteiger partial charge in [-0.25, -0.2) is 4.79 Å². The molecule has 1 saturated heterocycles. The van der Waals surface area contributed by atoms with Crippen molar-refractivity contribution in [1.29, 1.82) is 0 Å². The summed E-state index contributed by atoms with van der Waals surface area (Å²) in [4.78, 5) is 13.1. The SMILES string of the molecule is CC1CCN(CCn2cc(C(=O)O)nn2)C(C)C1. The van der Waals surface area contributed by atoms with E-state index in [1.54, 1.807) is 4.68 Å². The first-order valence-electron chi connectivity index (χ1n) is 6.43. The van der Waals surface area contributed by atoms with Gasteiger partial charge in [-0.1, -0.05) is 12.1 Å². The molecule has 6 nitrogen and oxygen atoms in total. The number of nitrogens with zero attached hydrogens (tertiary/aromatic N) is 4. The number of hydrogen-bond donors (Lipinski definition) is 1. The summed E-state index contributed by atoms with van der Waals surface area (Å²) in [7, 11) is 0. The van der Waals surface area contributed by atoms with Gasteiger partial charge in [0.15, 0.2) is 5.69 Å². The Morgan fingerprint density at radius 2 is 2.28 bits per heavy atom. The van der Waals surface area contributed by atoms with Gasteiger partial charge in [0.2, 0.25) is 0 Å². The predicted octanol–water partition coefficient (Wildman–Crippen LogP) is 1.10. The van der Waals surface area contributed by atoms with Crippen LogP contribution in [0.1, 0.15) is 37.2 Å². The molecule has 2 atom stereocenters. The summed E-state index contributed by atoms with van der Waals surface area (Å²) < 4.78 is 1.61. The molecule has 2 heterocycles. The van der Waals surface area contributed by atoms with Crippen LogP contribution in [0.3, 0.4) is 0 Å². The molecule has 0 saturated carbocycles. The van der Waals surface area contributed by atoms with Gasteiger partial charge in [-0.2, -0.15) is 0 Å². The molecule has 2 unspecified atom stereocenters. The summed E-state index contributed by atoms with van der Waals surface area (Å²) in [6.45, 7) is 7.25. The van der Waals surface area contributed by atoms with E-state index in [-0.39, 0.29) is 5.69 Å². The lowest BCUT2D eigenvalue weighted by atomic mass is 9.93. The van der Waals surface area contributed by atoms with E-state index in [1.807, 2.05) is 0 Å². The van der Waals surface area contributed by atoms with Crippen molar-refractivity contribution in [2.24, 2.45) is 5.92 Å². The number of carboxylic acid groups (broad SMARTS) is 1. The van der Waals surface area contributed by atoms with Crippen LogP contribution < -0.4 is 0 Å². The average molecular weight is 252 g/mol. The first-order valence-corrected chi connectivity index (χ1v) is 6.43. The Bertz CT molecular complexity index is 418. The zero-order valence-electron chi connectivity index (χ0n) is 10.9. The zero-order chi connectivity index (χ0) is 13.1. The third kappa shape index (κ3) is 3.07. The van der Waals surface area contributed by atoms with E-state index in [0.29, 0.717) is 12.6 Å². The molecule has 0 radical (unpaired) electrons. The Morgan fingerprint density at radius 1 is 1.50 bits per heavy atom. The number of carboxylic acids is 1. The van der Waals surface area contributed by atoms with Crippen molar-refractivity contribution < 1.29 is 9.90 Å². The largest absolute Gasteiger partial charge is 0.476 e. The molecule has 1 aliphatic heterocycles. The Labute approximate surface area is 107 Å². The van der Waals surface area contributed by atoms with Crippen LogP contribution in [0.5, 0.6) is 0 Å². The molecule has 1 N–H and O–H groups in total. The highest BCUT2D eigenvalue weighted by molar-refractivity contribution is 5.84. The molecule has 0 spiro atoms. The van der Waals surface area contributed by atoms with E-state index in [2.05, 4.69) is 29.1 Å². The first-order chi connectivity index (χ1) is 8.56. The highest BCUT2D eigenvalue weighted by atomic mass is 16.4. The average Bonchev–Trinajstić information content (AvgIpc) is 2.76. The lowest BCUT2D eigenvalue weighted by Gasteiger charge is -2.36. The van der Waals surface area contributed by atoms with Gasteiger partial charge in [-0.3, -0.25) is 9.58 Å². The number of piperidine rings is 1. The lowest BCUT2D eigenvalue weighted by Crippen LogP contribution is -2.41. The van der Waals surface area contributed by atoms with E-state index in [0.717, 1.165) is 19.0 Å². The molecule has 1 aliphatic rings. The van der Waals surface area contributed by atoms with Gasteiger partial charge in [0.05, 0.1) is 12.7 Å². The first kappa shape index (κ1) is 13.0. The number of likely N-dealkylation sites (tertiary alicyclic amines) is 1. The molecule has 1 aromatic rings. The van der Waals surface area contributed by atoms with Gasteiger partial charge in [-0.15, -0.1) is 5.10 Å². The summed E-state index contributed by atoms with van der Waals surface area (Å²) in [5, 5.41) is 16.2. The number of carbonyl (C=O) groups is 1. The third-order valence-electron chi connectivity index (χ3n) is 3.65. The van der Waals surface area contributed by atoms with E-state index in [4.69, 9.17) is 5.11 Å². The van der Waals surface area contributed by atoms with E-state index >= 15 is 0 Å². The molecule has 100 valence electrons. The summed E-state index contributed by atoms with van der Waals surface area (Å²) >= 11 is 0. The number of rotatable bonds is 4. The fourth-order valence-corrected chi connectivity index (χ4v) is 2.52. The molecule has 1 aromatic heterocycles. The minimum atomic E-state index is -1.03. The van der Waals surface area contributed by atoms with Gasteiger partial charge >= 0.3 is 5.97 Å². The van der Waals surface area contributed by atoms with Crippen molar-refractivity contribution >= 4 is 5.97 Å². The molecule has 6 heteroatoms. The normalized spacial score (nSPS) is 25.2. The van der Waals surface area contributed by atoms with Crippen molar-refractivity contribution in [1.82, 2.24) is 19.9 Å². The lowest BCUT2D eigenvalue weighted by molar-refractivity contribution is 0.0690. The summed E-state index contributed by atoms with van der Waals surface area (Å²) in [6, 6.07) is 0.594. The van der Waals surface area contributed by atoms with Gasteiger partial charge < -0.3 is 5.11 Å². The molecular formula is C12H20N4O2. The fraction of sp³-hybridized carbons (Fsp3) is 0.750. The predicted molar refractivity (Wildman–Crippen MR) is 66.4 cm³/mol. The topological polar surface area (TPSA) is 71.2 Å². The molecule has 0 amide bonds. The van der Waals surface area contributed by atoms with E-state index in [9.17, 15) is 4.79 Å². The van der Waals surface area contributed by atoms with Crippen LogP contribution in [0, 0.1) is 5.92 Å². The Morgan fingerprint density at radius 3 is 2.89 bits per heavy atom. The van der Waals surface area contributed by atoms with Crippen molar-refractivity contribution in [3.05, 3.63) is 11.9 Å². The number of aromatic nitrogens is 3. The molecule has 2 rings (SSSR count). The van der Waals surface area contributed by atoms with Crippen molar-refractivity contribution in [2.75, 3.05) is 13.1 Å². The van der Waals surface area contributed by atoms with Crippen LogP contribution in [0.15, 0.2) is 6.20 Å². The maximum absolute atomic E-state index is 10.7. The number of hydrogen-bond acceptors (Lipinski definition) is 4. The minimum Gasteiger partial charge on any atom is -0.476 e. The Kier molecular flexibility index (Phi) is 3.96. The van der Waals surface area contributed by atoms with Gasteiger partial charge in [0, 0.05) is 12.6 Å². The molecule has 1 fully saturated rings. The zero-order valence-corrected chi connectivity index (χ0v) is 10.9. The van der Waals surface area contributed by atoms with Crippen LogP contribution in [0.2, 0.25) is 0 Å². The van der Waals surface area contributed by atoms with Gasteiger partial charge in [0.1, 0.15) is 0 Å². The Balaban J connectivity index is 1.85. The smallest absolute Gasteiger partial charge is 0.358 e. The second-order valence-electron chi connectivity index (χ2n) is 5.19. The van der Waals surface area contributed by atoms with Crippen LogP contribution in [-0.2, 0) is 6.54 Å². The van der Waals surface area contributed by atoms with E-state index in [1.165, 1.54) is 19.0 Å². The van der Waals surface area contributed by atoms with Crippen molar-refractivity contribution in [3.63, 3.8) is 0 Å². The molecule has 18 heavy (non-hydrogen) atoms. The van der Waals surface area contributed by atoms with Crippen LogP contribution in [0.4, 0.5) is 0 Å². The minimum absolute atomic E-state index is 0.00955. The number of aromatic carboxylic acids is 1. The van der Waals surface area contributed by atoms with Gasteiger partial charge in [-0.05, 0) is 32.2 Å². The molecule has 0 bridgehead atoms. The molecular weight excluding hydrogens is 232 g/mol. The van der Waals surface area contributed by atoms with Crippen molar-refractivity contribution in [3.8, 4) is 0 Å². The van der Waals surface area contributed by atoms with Crippen molar-refractivity contribution in [2.45, 2.75) is 39.3 Å². The maximum atomic E-state index is 10.7.